The van der Waals surface area contributed by atoms with Crippen LogP contribution in [0.4, 0.5) is 0 Å². The van der Waals surface area contributed by atoms with Crippen molar-refractivity contribution in [3.8, 4) is 11.5 Å². The quantitative estimate of drug-likeness (QED) is 0.673. The van der Waals surface area contributed by atoms with E-state index in [0.717, 1.165) is 5.75 Å². The van der Waals surface area contributed by atoms with E-state index in [-0.39, 0.29) is 18.9 Å². The Morgan fingerprint density at radius 3 is 2.52 bits per heavy atom. The number of nitrogens with one attached hydrogen (secondary N) is 1. The van der Waals surface area contributed by atoms with Gasteiger partial charge in [0.1, 0.15) is 11.5 Å². The van der Waals surface area contributed by atoms with E-state index in [1.54, 1.807) is 31.4 Å². The standard InChI is InChI=1S/C15H23NO5/c1-19-11-12(17)7-9-16-15(18)8-10-21-14-5-3-13(20-2)4-6-14/h3-6,12,17H,7-11H2,1-2H3,(H,16,18). The third kappa shape index (κ3) is 7.53. The molecule has 1 unspecified atom stereocenters. The largest absolute Gasteiger partial charge is 0.497 e. The molecule has 0 bridgehead atoms. The molecule has 1 amide bonds. The van der Waals surface area contributed by atoms with Crippen LogP contribution < -0.4 is 14.8 Å². The predicted molar refractivity (Wildman–Crippen MR) is 78.6 cm³/mol. The molecule has 0 saturated heterocycles. The number of aliphatic hydroxyl groups excluding tert-OH is 1. The first-order valence-electron chi connectivity index (χ1n) is 6.86. The second kappa shape index (κ2) is 10.0. The summed E-state index contributed by atoms with van der Waals surface area (Å²) in [6.45, 7) is 1.00. The summed E-state index contributed by atoms with van der Waals surface area (Å²) in [7, 11) is 3.13. The molecular weight excluding hydrogens is 274 g/mol. The summed E-state index contributed by atoms with van der Waals surface area (Å²) in [5, 5.41) is 12.1. The van der Waals surface area contributed by atoms with Crippen molar-refractivity contribution >= 4 is 5.91 Å². The Morgan fingerprint density at radius 2 is 1.90 bits per heavy atom. The predicted octanol–water partition coefficient (Wildman–Crippen LogP) is 0.978. The van der Waals surface area contributed by atoms with Gasteiger partial charge in [-0.25, -0.2) is 0 Å². The zero-order chi connectivity index (χ0) is 15.5. The number of ether oxygens (including phenoxy) is 3. The molecule has 0 aliphatic heterocycles. The Balaban J connectivity index is 2.12. The van der Waals surface area contributed by atoms with Crippen LogP contribution in [0.15, 0.2) is 24.3 Å². The first kappa shape index (κ1) is 17.3. The molecule has 0 aliphatic carbocycles. The third-order valence-electron chi connectivity index (χ3n) is 2.82. The van der Waals surface area contributed by atoms with Crippen molar-refractivity contribution in [1.82, 2.24) is 5.32 Å². The van der Waals surface area contributed by atoms with Crippen LogP contribution in [0.2, 0.25) is 0 Å². The molecule has 6 heteroatoms. The molecule has 0 fully saturated rings. The second-order valence-electron chi connectivity index (χ2n) is 4.52. The van der Waals surface area contributed by atoms with Crippen molar-refractivity contribution < 1.29 is 24.1 Å². The van der Waals surface area contributed by atoms with E-state index >= 15 is 0 Å². The van der Waals surface area contributed by atoms with Crippen LogP contribution in [-0.4, -0.2) is 51.1 Å². The molecule has 1 aromatic carbocycles. The van der Waals surface area contributed by atoms with Crippen LogP contribution >= 0.6 is 0 Å². The zero-order valence-corrected chi connectivity index (χ0v) is 12.5. The van der Waals surface area contributed by atoms with Crippen molar-refractivity contribution in [2.24, 2.45) is 0 Å². The fraction of sp³-hybridized carbons (Fsp3) is 0.533. The minimum absolute atomic E-state index is 0.104. The molecule has 0 radical (unpaired) electrons. The summed E-state index contributed by atoms with van der Waals surface area (Å²) in [5.41, 5.74) is 0. The third-order valence-corrected chi connectivity index (χ3v) is 2.82. The lowest BCUT2D eigenvalue weighted by Gasteiger charge is -2.10. The lowest BCUT2D eigenvalue weighted by molar-refractivity contribution is -0.121. The first-order chi connectivity index (χ1) is 10.2. The van der Waals surface area contributed by atoms with Gasteiger partial charge in [0, 0.05) is 13.7 Å². The van der Waals surface area contributed by atoms with E-state index in [4.69, 9.17) is 14.2 Å². The number of rotatable bonds is 10. The second-order valence-corrected chi connectivity index (χ2v) is 4.52. The number of aliphatic hydroxyl groups is 1. The lowest BCUT2D eigenvalue weighted by atomic mass is 10.2. The molecule has 0 spiro atoms. The minimum Gasteiger partial charge on any atom is -0.497 e. The maximum atomic E-state index is 11.5. The van der Waals surface area contributed by atoms with Gasteiger partial charge in [-0.2, -0.15) is 0 Å². The van der Waals surface area contributed by atoms with E-state index in [1.807, 2.05) is 0 Å². The molecule has 118 valence electrons. The van der Waals surface area contributed by atoms with Crippen LogP contribution in [-0.2, 0) is 9.53 Å². The Bertz CT molecular complexity index is 407. The molecule has 0 aliphatic rings. The first-order valence-corrected chi connectivity index (χ1v) is 6.86. The fourth-order valence-electron chi connectivity index (χ4n) is 1.68. The van der Waals surface area contributed by atoms with Gasteiger partial charge in [-0.3, -0.25) is 4.79 Å². The Hall–Kier alpha value is -1.79. The number of benzene rings is 1. The number of hydrogen-bond donors (Lipinski definition) is 2. The van der Waals surface area contributed by atoms with Gasteiger partial charge in [0.2, 0.25) is 5.91 Å². The minimum atomic E-state index is -0.550. The summed E-state index contributed by atoms with van der Waals surface area (Å²) in [5.74, 6) is 1.35. The average molecular weight is 297 g/mol. The highest BCUT2D eigenvalue weighted by Gasteiger charge is 2.05. The summed E-state index contributed by atoms with van der Waals surface area (Å²) < 4.78 is 15.3. The topological polar surface area (TPSA) is 77.0 Å². The molecule has 1 atom stereocenters. The van der Waals surface area contributed by atoms with E-state index in [0.29, 0.717) is 25.3 Å². The average Bonchev–Trinajstić information content (AvgIpc) is 2.48. The van der Waals surface area contributed by atoms with Crippen molar-refractivity contribution in [3.05, 3.63) is 24.3 Å². The Labute approximate surface area is 125 Å². The molecule has 1 aromatic rings. The summed E-state index contributed by atoms with van der Waals surface area (Å²) in [6.07, 6.45) is 0.191. The van der Waals surface area contributed by atoms with Crippen molar-refractivity contribution in [2.45, 2.75) is 18.9 Å². The SMILES string of the molecule is COCC(O)CCNC(=O)CCOc1ccc(OC)cc1. The Kier molecular flexibility index (Phi) is 8.23. The summed E-state index contributed by atoms with van der Waals surface area (Å²) in [6, 6.07) is 7.18. The molecule has 0 aromatic heterocycles. The molecule has 1 rings (SSSR count). The molecule has 0 heterocycles. The highest BCUT2D eigenvalue weighted by molar-refractivity contribution is 5.75. The van der Waals surface area contributed by atoms with Crippen molar-refractivity contribution in [3.63, 3.8) is 0 Å². The number of amides is 1. The van der Waals surface area contributed by atoms with Gasteiger partial charge >= 0.3 is 0 Å². The number of carbonyl (C=O) groups excluding carboxylic acids is 1. The maximum Gasteiger partial charge on any atom is 0.223 e. The molecule has 2 N–H and O–H groups in total. The fourth-order valence-corrected chi connectivity index (χ4v) is 1.68. The van der Waals surface area contributed by atoms with E-state index in [1.165, 1.54) is 7.11 Å². The van der Waals surface area contributed by atoms with E-state index in [2.05, 4.69) is 5.32 Å². The zero-order valence-electron chi connectivity index (χ0n) is 12.5. The molecule has 21 heavy (non-hydrogen) atoms. The number of hydrogen-bond acceptors (Lipinski definition) is 5. The monoisotopic (exact) mass is 297 g/mol. The van der Waals surface area contributed by atoms with Crippen molar-refractivity contribution in [2.75, 3.05) is 34.0 Å². The van der Waals surface area contributed by atoms with Gasteiger partial charge in [-0.1, -0.05) is 0 Å². The van der Waals surface area contributed by atoms with Crippen molar-refractivity contribution in [1.29, 1.82) is 0 Å². The van der Waals surface area contributed by atoms with Gasteiger partial charge in [0.05, 0.1) is 32.8 Å². The lowest BCUT2D eigenvalue weighted by Crippen LogP contribution is -2.29. The number of methoxy groups -OCH3 is 2. The van der Waals surface area contributed by atoms with Gasteiger partial charge in [0.15, 0.2) is 0 Å². The summed E-state index contributed by atoms with van der Waals surface area (Å²) in [4.78, 5) is 11.5. The van der Waals surface area contributed by atoms with Gasteiger partial charge in [-0.05, 0) is 30.7 Å². The summed E-state index contributed by atoms with van der Waals surface area (Å²) >= 11 is 0. The van der Waals surface area contributed by atoms with Crippen LogP contribution in [0.3, 0.4) is 0 Å². The van der Waals surface area contributed by atoms with Crippen LogP contribution in [0.25, 0.3) is 0 Å². The highest BCUT2D eigenvalue weighted by Crippen LogP contribution is 2.16. The van der Waals surface area contributed by atoms with Crippen LogP contribution in [0, 0.1) is 0 Å². The number of carbonyl (C=O) groups is 1. The van der Waals surface area contributed by atoms with Crippen LogP contribution in [0.5, 0.6) is 11.5 Å². The normalized spacial score (nSPS) is 11.8. The molecule has 6 nitrogen and oxygen atoms in total. The van der Waals surface area contributed by atoms with E-state index in [9.17, 15) is 9.90 Å². The smallest absolute Gasteiger partial charge is 0.223 e. The van der Waals surface area contributed by atoms with Crippen LogP contribution in [0.1, 0.15) is 12.8 Å². The van der Waals surface area contributed by atoms with Gasteiger partial charge in [-0.15, -0.1) is 0 Å². The van der Waals surface area contributed by atoms with Gasteiger partial charge in [0.25, 0.3) is 0 Å². The molecular formula is C15H23NO5. The highest BCUT2D eigenvalue weighted by atomic mass is 16.5. The van der Waals surface area contributed by atoms with E-state index < -0.39 is 6.10 Å². The Morgan fingerprint density at radius 1 is 1.24 bits per heavy atom. The molecule has 0 saturated carbocycles. The maximum absolute atomic E-state index is 11.5. The van der Waals surface area contributed by atoms with Gasteiger partial charge < -0.3 is 24.6 Å².